The summed E-state index contributed by atoms with van der Waals surface area (Å²) in [4.78, 5) is 5.08. The summed E-state index contributed by atoms with van der Waals surface area (Å²) in [5, 5.41) is 0. The third kappa shape index (κ3) is 4.11. The van der Waals surface area contributed by atoms with Gasteiger partial charge in [0.1, 0.15) is 11.4 Å². The molecule has 3 aromatic carbocycles. The van der Waals surface area contributed by atoms with Gasteiger partial charge in [-0.2, -0.15) is 0 Å². The lowest BCUT2D eigenvalue weighted by atomic mass is 9.84. The third-order valence-electron chi connectivity index (χ3n) is 6.16. The number of ether oxygens (including phenoxy) is 1. The zero-order valence-electron chi connectivity index (χ0n) is 18.3. The molecule has 0 radical (unpaired) electrons. The molecule has 0 N–H and O–H groups in total. The number of oxazole rings is 1. The van der Waals surface area contributed by atoms with Gasteiger partial charge in [0, 0.05) is 11.1 Å². The summed E-state index contributed by atoms with van der Waals surface area (Å²) in [5.74, 6) is 2.76. The first-order valence-corrected chi connectivity index (χ1v) is 11.3. The topological polar surface area (TPSA) is 35.3 Å². The fourth-order valence-corrected chi connectivity index (χ4v) is 4.55. The van der Waals surface area contributed by atoms with Gasteiger partial charge < -0.3 is 9.15 Å². The number of benzene rings is 3. The fourth-order valence-electron chi connectivity index (χ4n) is 4.55. The summed E-state index contributed by atoms with van der Waals surface area (Å²) < 4.78 is 12.1. The van der Waals surface area contributed by atoms with E-state index in [4.69, 9.17) is 14.1 Å². The Bertz CT molecular complexity index is 1150. The van der Waals surface area contributed by atoms with Gasteiger partial charge in [-0.3, -0.25) is 0 Å². The molecule has 0 amide bonds. The lowest BCUT2D eigenvalue weighted by Gasteiger charge is -2.22. The Labute approximate surface area is 189 Å². The molecular formula is C29H27NO2. The Morgan fingerprint density at radius 2 is 1.56 bits per heavy atom. The lowest BCUT2D eigenvalue weighted by Crippen LogP contribution is -2.10. The van der Waals surface area contributed by atoms with Gasteiger partial charge in [-0.25, -0.2) is 4.98 Å². The molecule has 1 aliphatic rings. The van der Waals surface area contributed by atoms with Gasteiger partial charge in [0.2, 0.25) is 5.89 Å². The van der Waals surface area contributed by atoms with Crippen molar-refractivity contribution in [1.82, 2.24) is 4.98 Å². The summed E-state index contributed by atoms with van der Waals surface area (Å²) in [5.41, 5.74) is 5.60. The number of nitrogens with zero attached hydrogens (tertiary/aromatic N) is 1. The highest BCUT2D eigenvalue weighted by Crippen LogP contribution is 2.41. The Morgan fingerprint density at radius 1 is 0.875 bits per heavy atom. The maximum atomic E-state index is 6.54. The highest BCUT2D eigenvalue weighted by Gasteiger charge is 2.27. The lowest BCUT2D eigenvalue weighted by molar-refractivity contribution is 0.408. The second kappa shape index (κ2) is 9.27. The SMILES string of the molecule is COc1ccccc1CC1=CCCCC1c1nc(-c2ccccc2)c(-c2ccccc2)o1. The number of hydrogen-bond donors (Lipinski definition) is 0. The molecule has 160 valence electrons. The van der Waals surface area contributed by atoms with Crippen LogP contribution in [0.3, 0.4) is 0 Å². The predicted octanol–water partition coefficient (Wildman–Crippen LogP) is 7.45. The minimum Gasteiger partial charge on any atom is -0.496 e. The van der Waals surface area contributed by atoms with E-state index in [1.54, 1.807) is 7.11 Å². The van der Waals surface area contributed by atoms with E-state index in [2.05, 4.69) is 42.5 Å². The summed E-state index contributed by atoms with van der Waals surface area (Å²) >= 11 is 0. The largest absolute Gasteiger partial charge is 0.496 e. The molecule has 1 atom stereocenters. The van der Waals surface area contributed by atoms with Crippen LogP contribution in [0.25, 0.3) is 22.6 Å². The van der Waals surface area contributed by atoms with E-state index in [1.165, 1.54) is 11.1 Å². The summed E-state index contributed by atoms with van der Waals surface area (Å²) in [6, 6.07) is 28.9. The van der Waals surface area contributed by atoms with Crippen LogP contribution in [0.1, 0.15) is 36.6 Å². The Hall–Kier alpha value is -3.59. The van der Waals surface area contributed by atoms with E-state index in [-0.39, 0.29) is 5.92 Å². The fraction of sp³-hybridized carbons (Fsp3) is 0.207. The number of hydrogen-bond acceptors (Lipinski definition) is 3. The number of allylic oxidation sites excluding steroid dienone is 2. The van der Waals surface area contributed by atoms with E-state index in [1.807, 2.05) is 48.5 Å². The first-order valence-electron chi connectivity index (χ1n) is 11.3. The molecule has 1 heterocycles. The van der Waals surface area contributed by atoms with E-state index >= 15 is 0 Å². The van der Waals surface area contributed by atoms with Crippen molar-refractivity contribution >= 4 is 0 Å². The van der Waals surface area contributed by atoms with Crippen LogP contribution in [0.5, 0.6) is 5.75 Å². The molecule has 3 heteroatoms. The standard InChI is InChI=1S/C29H27NO2/c1-31-26-19-11-9-17-24(26)20-23-16-8-10-18-25(23)29-30-27(21-12-4-2-5-13-21)28(32-29)22-14-6-3-7-15-22/h2-7,9,11-17,19,25H,8,10,18,20H2,1H3. The molecule has 1 unspecified atom stereocenters. The highest BCUT2D eigenvalue weighted by atomic mass is 16.5. The highest BCUT2D eigenvalue weighted by molar-refractivity contribution is 5.76. The predicted molar refractivity (Wildman–Crippen MR) is 129 cm³/mol. The maximum Gasteiger partial charge on any atom is 0.202 e. The van der Waals surface area contributed by atoms with E-state index in [0.29, 0.717) is 0 Å². The molecule has 0 spiro atoms. The third-order valence-corrected chi connectivity index (χ3v) is 6.16. The van der Waals surface area contributed by atoms with E-state index in [9.17, 15) is 0 Å². The normalized spacial score (nSPS) is 15.9. The maximum absolute atomic E-state index is 6.54. The zero-order valence-corrected chi connectivity index (χ0v) is 18.3. The van der Waals surface area contributed by atoms with Crippen LogP contribution < -0.4 is 4.74 Å². The Kier molecular flexibility index (Phi) is 5.89. The van der Waals surface area contributed by atoms with Crippen molar-refractivity contribution in [3.8, 4) is 28.3 Å². The second-order valence-corrected chi connectivity index (χ2v) is 8.21. The average Bonchev–Trinajstić information content (AvgIpc) is 3.31. The average molecular weight is 422 g/mol. The molecule has 3 nitrogen and oxygen atoms in total. The summed E-state index contributed by atoms with van der Waals surface area (Å²) in [7, 11) is 1.73. The van der Waals surface area contributed by atoms with Crippen LogP contribution >= 0.6 is 0 Å². The van der Waals surface area contributed by atoms with E-state index in [0.717, 1.165) is 59.9 Å². The molecule has 4 aromatic rings. The molecule has 0 saturated carbocycles. The molecule has 0 bridgehead atoms. The number of rotatable bonds is 6. The van der Waals surface area contributed by atoms with Crippen LogP contribution in [0.4, 0.5) is 0 Å². The van der Waals surface area contributed by atoms with Crippen LogP contribution in [-0.4, -0.2) is 12.1 Å². The molecule has 1 aliphatic carbocycles. The second-order valence-electron chi connectivity index (χ2n) is 8.21. The Morgan fingerprint density at radius 3 is 2.31 bits per heavy atom. The first kappa shape index (κ1) is 20.3. The molecule has 0 saturated heterocycles. The monoisotopic (exact) mass is 421 g/mol. The molecule has 1 aromatic heterocycles. The number of para-hydroxylation sites is 1. The number of aromatic nitrogens is 1. The van der Waals surface area contributed by atoms with Gasteiger partial charge in [0.15, 0.2) is 5.76 Å². The van der Waals surface area contributed by atoms with Crippen molar-refractivity contribution in [3.05, 3.63) is 108 Å². The van der Waals surface area contributed by atoms with Crippen molar-refractivity contribution in [3.63, 3.8) is 0 Å². The summed E-state index contributed by atoms with van der Waals surface area (Å²) in [6.07, 6.45) is 6.50. The van der Waals surface area contributed by atoms with Crippen molar-refractivity contribution < 1.29 is 9.15 Å². The smallest absolute Gasteiger partial charge is 0.202 e. The van der Waals surface area contributed by atoms with Crippen molar-refractivity contribution in [2.45, 2.75) is 31.6 Å². The molecule has 0 fully saturated rings. The minimum atomic E-state index is 0.175. The number of methoxy groups -OCH3 is 1. The van der Waals surface area contributed by atoms with Crippen molar-refractivity contribution in [1.29, 1.82) is 0 Å². The van der Waals surface area contributed by atoms with Gasteiger partial charge >= 0.3 is 0 Å². The van der Waals surface area contributed by atoms with Crippen LogP contribution in [0.15, 0.2) is 101 Å². The van der Waals surface area contributed by atoms with Crippen LogP contribution in [0, 0.1) is 0 Å². The molecule has 0 aliphatic heterocycles. The van der Waals surface area contributed by atoms with Gasteiger partial charge in [-0.1, -0.05) is 90.5 Å². The minimum absolute atomic E-state index is 0.175. The molecule has 32 heavy (non-hydrogen) atoms. The van der Waals surface area contributed by atoms with Gasteiger partial charge in [-0.15, -0.1) is 0 Å². The Balaban J connectivity index is 1.55. The quantitative estimate of drug-likeness (QED) is 0.303. The van der Waals surface area contributed by atoms with Crippen LogP contribution in [0.2, 0.25) is 0 Å². The van der Waals surface area contributed by atoms with Gasteiger partial charge in [0.05, 0.1) is 13.0 Å². The van der Waals surface area contributed by atoms with Gasteiger partial charge in [0.25, 0.3) is 0 Å². The van der Waals surface area contributed by atoms with Gasteiger partial charge in [-0.05, 0) is 37.3 Å². The molecular weight excluding hydrogens is 394 g/mol. The summed E-state index contributed by atoms with van der Waals surface area (Å²) in [6.45, 7) is 0. The van der Waals surface area contributed by atoms with E-state index < -0.39 is 0 Å². The van der Waals surface area contributed by atoms with Crippen molar-refractivity contribution in [2.24, 2.45) is 0 Å². The van der Waals surface area contributed by atoms with Crippen molar-refractivity contribution in [2.75, 3.05) is 7.11 Å². The first-order chi connectivity index (χ1) is 15.8. The molecule has 5 rings (SSSR count). The van der Waals surface area contributed by atoms with Crippen LogP contribution in [-0.2, 0) is 6.42 Å². The zero-order chi connectivity index (χ0) is 21.8.